The molecule has 0 bridgehead atoms. The van der Waals surface area contributed by atoms with E-state index in [0.717, 1.165) is 24.4 Å². The molecule has 3 aromatic rings. The first-order valence-electron chi connectivity index (χ1n) is 8.36. The Balaban J connectivity index is 0.00000261. The number of aryl methyl sites for hydroxylation is 1. The molecule has 0 spiro atoms. The average molecular weight is 410 g/mol. The highest BCUT2D eigenvalue weighted by Gasteiger charge is 2.29. The Hall–Kier alpha value is -2.16. The highest BCUT2D eigenvalue weighted by molar-refractivity contribution is 7.91. The molecule has 2 heterocycles. The highest BCUT2D eigenvalue weighted by atomic mass is 35.5. The van der Waals surface area contributed by atoms with Crippen molar-refractivity contribution in [3.63, 3.8) is 0 Å². The summed E-state index contributed by atoms with van der Waals surface area (Å²) in [5.74, 6) is 0.300. The summed E-state index contributed by atoms with van der Waals surface area (Å²) in [5.41, 5.74) is 2.04. The quantitative estimate of drug-likeness (QED) is 0.673. The molecule has 27 heavy (non-hydrogen) atoms. The van der Waals surface area contributed by atoms with Crippen LogP contribution in [0.25, 0.3) is 5.65 Å². The smallest absolute Gasteiger partial charge is 0.214 e. The molecule has 0 radical (unpaired) electrons. The monoisotopic (exact) mass is 409 g/mol. The van der Waals surface area contributed by atoms with Crippen molar-refractivity contribution in [2.75, 3.05) is 33.0 Å². The van der Waals surface area contributed by atoms with Gasteiger partial charge in [0.2, 0.25) is 9.84 Å². The fraction of sp³-hybridized carbons (Fsp3) is 0.333. The first-order chi connectivity index (χ1) is 12.3. The number of rotatable bonds is 6. The zero-order chi connectivity index (χ0) is 18.9. The van der Waals surface area contributed by atoms with E-state index in [1.54, 1.807) is 41.9 Å². The highest BCUT2D eigenvalue weighted by Crippen LogP contribution is 2.31. The van der Waals surface area contributed by atoms with E-state index < -0.39 is 9.84 Å². The Bertz CT molecular complexity index is 1030. The third-order valence-electron chi connectivity index (χ3n) is 4.15. The van der Waals surface area contributed by atoms with E-state index in [4.69, 9.17) is 0 Å². The van der Waals surface area contributed by atoms with Gasteiger partial charge in [-0.15, -0.1) is 17.5 Å². The van der Waals surface area contributed by atoms with Gasteiger partial charge in [0.1, 0.15) is 0 Å². The van der Waals surface area contributed by atoms with Crippen molar-refractivity contribution < 1.29 is 8.42 Å². The standard InChI is InChI=1S/C18H23N5O2S.ClH/c1-13-12-14(10-11-22(3)4)20-18-16(17(19-2)21-23(13)18)26(24,25)15-8-6-5-7-9-15;/h5-9,12H,10-11H2,1-4H3,(H,19,21);1H. The lowest BCUT2D eigenvalue weighted by Crippen LogP contribution is -2.16. The number of anilines is 1. The molecule has 0 aliphatic rings. The molecule has 0 saturated heterocycles. The maximum atomic E-state index is 13.2. The summed E-state index contributed by atoms with van der Waals surface area (Å²) in [6.45, 7) is 2.73. The van der Waals surface area contributed by atoms with Gasteiger partial charge in [0.15, 0.2) is 16.4 Å². The molecule has 7 nitrogen and oxygen atoms in total. The van der Waals surface area contributed by atoms with Crippen molar-refractivity contribution >= 4 is 33.7 Å². The number of halogens is 1. The number of sulfone groups is 1. The van der Waals surface area contributed by atoms with Gasteiger partial charge in [-0.05, 0) is 39.2 Å². The molecule has 0 aliphatic carbocycles. The lowest BCUT2D eigenvalue weighted by atomic mass is 10.2. The molecule has 0 fully saturated rings. The predicted octanol–water partition coefficient (Wildman–Crippen LogP) is 2.44. The summed E-state index contributed by atoms with van der Waals surface area (Å²) in [5, 5.41) is 7.31. The van der Waals surface area contributed by atoms with Gasteiger partial charge in [0, 0.05) is 31.4 Å². The summed E-state index contributed by atoms with van der Waals surface area (Å²) in [6.07, 6.45) is 0.731. The van der Waals surface area contributed by atoms with Gasteiger partial charge in [0.05, 0.1) is 4.90 Å². The number of hydrogen-bond donors (Lipinski definition) is 1. The molecule has 0 atom stereocenters. The second-order valence-corrected chi connectivity index (χ2v) is 8.31. The minimum Gasteiger partial charge on any atom is -0.370 e. The lowest BCUT2D eigenvalue weighted by molar-refractivity contribution is 0.411. The van der Waals surface area contributed by atoms with Crippen LogP contribution in [0.4, 0.5) is 5.82 Å². The maximum absolute atomic E-state index is 13.2. The number of hydrogen-bond acceptors (Lipinski definition) is 6. The average Bonchev–Trinajstić information content (AvgIpc) is 3.00. The Labute approximate surface area is 165 Å². The van der Waals surface area contributed by atoms with Crippen molar-refractivity contribution in [3.05, 3.63) is 47.8 Å². The van der Waals surface area contributed by atoms with Gasteiger partial charge in [-0.2, -0.15) is 0 Å². The van der Waals surface area contributed by atoms with Gasteiger partial charge in [0.25, 0.3) is 0 Å². The molecule has 0 amide bonds. The van der Waals surface area contributed by atoms with Crippen LogP contribution < -0.4 is 5.32 Å². The first kappa shape index (κ1) is 21.1. The van der Waals surface area contributed by atoms with Gasteiger partial charge < -0.3 is 10.2 Å². The van der Waals surface area contributed by atoms with Crippen molar-refractivity contribution in [1.29, 1.82) is 0 Å². The number of likely N-dealkylation sites (N-methyl/N-ethyl adjacent to an activating group) is 1. The molecular weight excluding hydrogens is 386 g/mol. The van der Waals surface area contributed by atoms with Gasteiger partial charge in [-0.3, -0.25) is 0 Å². The molecule has 3 rings (SSSR count). The zero-order valence-electron chi connectivity index (χ0n) is 15.8. The summed E-state index contributed by atoms with van der Waals surface area (Å²) in [7, 11) is 1.90. The van der Waals surface area contributed by atoms with E-state index >= 15 is 0 Å². The third kappa shape index (κ3) is 4.07. The summed E-state index contributed by atoms with van der Waals surface area (Å²) in [6, 6.07) is 10.3. The second kappa shape index (κ2) is 8.24. The van der Waals surface area contributed by atoms with Crippen LogP contribution in [0.5, 0.6) is 0 Å². The van der Waals surface area contributed by atoms with Crippen LogP contribution in [-0.4, -0.2) is 55.6 Å². The van der Waals surface area contributed by atoms with E-state index in [9.17, 15) is 8.42 Å². The Morgan fingerprint density at radius 2 is 1.85 bits per heavy atom. The topological polar surface area (TPSA) is 79.6 Å². The van der Waals surface area contributed by atoms with E-state index in [1.807, 2.05) is 27.1 Å². The minimum atomic E-state index is -3.75. The van der Waals surface area contributed by atoms with Crippen LogP contribution in [0.15, 0.2) is 46.2 Å². The van der Waals surface area contributed by atoms with E-state index in [0.29, 0.717) is 11.5 Å². The number of nitrogens with zero attached hydrogens (tertiary/aromatic N) is 4. The summed E-state index contributed by atoms with van der Waals surface area (Å²) >= 11 is 0. The fourth-order valence-corrected chi connectivity index (χ4v) is 4.33. The molecule has 0 unspecified atom stereocenters. The summed E-state index contributed by atoms with van der Waals surface area (Å²) < 4.78 is 28.1. The second-order valence-electron chi connectivity index (χ2n) is 6.42. The molecule has 9 heteroatoms. The van der Waals surface area contributed by atoms with Crippen molar-refractivity contribution in [1.82, 2.24) is 19.5 Å². The van der Waals surface area contributed by atoms with E-state index in [1.165, 1.54) is 0 Å². The van der Waals surface area contributed by atoms with Crippen molar-refractivity contribution in [3.8, 4) is 0 Å². The number of aromatic nitrogens is 3. The van der Waals surface area contributed by atoms with Crippen LogP contribution in [0.2, 0.25) is 0 Å². The van der Waals surface area contributed by atoms with Gasteiger partial charge >= 0.3 is 0 Å². The normalized spacial score (nSPS) is 11.6. The number of benzene rings is 1. The largest absolute Gasteiger partial charge is 0.370 e. The van der Waals surface area contributed by atoms with Gasteiger partial charge in [-0.1, -0.05) is 18.2 Å². The van der Waals surface area contributed by atoms with E-state index in [2.05, 4.69) is 20.3 Å². The van der Waals surface area contributed by atoms with Crippen LogP contribution in [0, 0.1) is 6.92 Å². The molecular formula is C18H24ClN5O2S. The van der Waals surface area contributed by atoms with Crippen LogP contribution in [-0.2, 0) is 16.3 Å². The van der Waals surface area contributed by atoms with Crippen LogP contribution in [0.3, 0.4) is 0 Å². The lowest BCUT2D eigenvalue weighted by Gasteiger charge is -2.10. The number of fused-ring (bicyclic) bond motifs is 1. The Morgan fingerprint density at radius 3 is 2.44 bits per heavy atom. The zero-order valence-corrected chi connectivity index (χ0v) is 17.4. The molecule has 0 saturated carbocycles. The van der Waals surface area contributed by atoms with Crippen LogP contribution >= 0.6 is 12.4 Å². The molecule has 146 valence electrons. The Kier molecular flexibility index (Phi) is 6.46. The third-order valence-corrected chi connectivity index (χ3v) is 5.96. The fourth-order valence-electron chi connectivity index (χ4n) is 2.80. The molecule has 1 N–H and O–H groups in total. The number of nitrogens with one attached hydrogen (secondary N) is 1. The summed E-state index contributed by atoms with van der Waals surface area (Å²) in [4.78, 5) is 7.03. The molecule has 0 aliphatic heterocycles. The molecule has 2 aromatic heterocycles. The van der Waals surface area contributed by atoms with Crippen molar-refractivity contribution in [2.24, 2.45) is 0 Å². The SMILES string of the molecule is CNc1nn2c(C)cc(CCN(C)C)nc2c1S(=O)(=O)c1ccccc1.Cl. The maximum Gasteiger partial charge on any atom is 0.214 e. The Morgan fingerprint density at radius 1 is 1.19 bits per heavy atom. The predicted molar refractivity (Wildman–Crippen MR) is 109 cm³/mol. The van der Waals surface area contributed by atoms with Gasteiger partial charge in [-0.25, -0.2) is 17.9 Å². The minimum absolute atomic E-state index is 0. The first-order valence-corrected chi connectivity index (χ1v) is 9.85. The molecule has 1 aromatic carbocycles. The van der Waals surface area contributed by atoms with Crippen molar-refractivity contribution in [2.45, 2.75) is 23.1 Å². The van der Waals surface area contributed by atoms with Crippen LogP contribution in [0.1, 0.15) is 11.4 Å². The van der Waals surface area contributed by atoms with E-state index in [-0.39, 0.29) is 22.2 Å².